The van der Waals surface area contributed by atoms with Crippen LogP contribution in [0, 0.1) is 11.7 Å². The van der Waals surface area contributed by atoms with Crippen molar-refractivity contribution in [2.75, 3.05) is 0 Å². The number of H-pyrrole nitrogens is 2. The van der Waals surface area contributed by atoms with Crippen LogP contribution in [0.5, 0.6) is 0 Å². The van der Waals surface area contributed by atoms with Crippen molar-refractivity contribution in [1.82, 2.24) is 30.6 Å². The molecule has 4 rings (SSSR count). The number of rotatable bonds is 5. The Morgan fingerprint density at radius 2 is 1.80 bits per heavy atom. The second kappa shape index (κ2) is 8.34. The van der Waals surface area contributed by atoms with Crippen molar-refractivity contribution in [3.05, 3.63) is 70.6 Å². The van der Waals surface area contributed by atoms with Gasteiger partial charge in [-0.05, 0) is 30.8 Å². The molecule has 0 atom stereocenters. The molecule has 0 aliphatic heterocycles. The molecule has 0 aliphatic rings. The lowest BCUT2D eigenvalue weighted by Gasteiger charge is -2.09. The average molecular weight is 420 g/mol. The summed E-state index contributed by atoms with van der Waals surface area (Å²) in [6.45, 7) is 1.92. The zero-order valence-corrected chi connectivity index (χ0v) is 17.0. The standard InChI is InChI=1S/C21H20N6O2S/c1-13-6-8-14(9-7-13)20-25-26-21(30)27(20)12-19(29)24-23-18(28)10-15-11-22-17-5-3-2-4-16(15)17/h2-9,11,22H,10,12H2,1H3,(H,23,28)(H,24,29)(H,26,30). The summed E-state index contributed by atoms with van der Waals surface area (Å²) in [6.07, 6.45) is 1.94. The number of aromatic amines is 2. The third-order valence-electron chi connectivity index (χ3n) is 4.74. The summed E-state index contributed by atoms with van der Waals surface area (Å²) in [4.78, 5) is 27.8. The fourth-order valence-corrected chi connectivity index (χ4v) is 3.40. The highest BCUT2D eigenvalue weighted by Crippen LogP contribution is 2.19. The molecule has 152 valence electrons. The molecule has 30 heavy (non-hydrogen) atoms. The van der Waals surface area contributed by atoms with Gasteiger partial charge in [0.15, 0.2) is 10.6 Å². The molecule has 2 amide bonds. The molecule has 0 bridgehead atoms. The molecule has 0 spiro atoms. The maximum atomic E-state index is 12.4. The molecular weight excluding hydrogens is 400 g/mol. The van der Waals surface area contributed by atoms with Crippen LogP contribution < -0.4 is 10.9 Å². The first kappa shape index (κ1) is 19.6. The summed E-state index contributed by atoms with van der Waals surface area (Å²) in [6, 6.07) is 15.5. The van der Waals surface area contributed by atoms with Crippen LogP contribution in [-0.2, 0) is 22.6 Å². The van der Waals surface area contributed by atoms with Gasteiger partial charge in [0.25, 0.3) is 5.91 Å². The van der Waals surface area contributed by atoms with Gasteiger partial charge in [0.05, 0.1) is 6.42 Å². The van der Waals surface area contributed by atoms with E-state index in [0.29, 0.717) is 10.6 Å². The molecule has 0 radical (unpaired) electrons. The zero-order chi connectivity index (χ0) is 21.1. The van der Waals surface area contributed by atoms with Gasteiger partial charge in [0.2, 0.25) is 5.91 Å². The molecule has 0 saturated heterocycles. The van der Waals surface area contributed by atoms with Crippen molar-refractivity contribution in [3.8, 4) is 11.4 Å². The van der Waals surface area contributed by atoms with E-state index in [1.165, 1.54) is 0 Å². The Balaban J connectivity index is 1.38. The quantitative estimate of drug-likeness (QED) is 0.294. The zero-order valence-electron chi connectivity index (χ0n) is 16.2. The van der Waals surface area contributed by atoms with E-state index in [2.05, 4.69) is 26.0 Å². The SMILES string of the molecule is Cc1ccc(-c2n[nH]c(=S)n2CC(=O)NNC(=O)Cc2c[nH]c3ccccc23)cc1. The van der Waals surface area contributed by atoms with E-state index < -0.39 is 5.91 Å². The van der Waals surface area contributed by atoms with Crippen LogP contribution in [0.4, 0.5) is 0 Å². The Morgan fingerprint density at radius 3 is 2.60 bits per heavy atom. The van der Waals surface area contributed by atoms with E-state index in [0.717, 1.165) is 27.6 Å². The first-order chi connectivity index (χ1) is 14.5. The third-order valence-corrected chi connectivity index (χ3v) is 5.05. The average Bonchev–Trinajstić information content (AvgIpc) is 3.31. The normalized spacial score (nSPS) is 10.8. The maximum Gasteiger partial charge on any atom is 0.258 e. The lowest BCUT2D eigenvalue weighted by atomic mass is 10.1. The molecule has 4 N–H and O–H groups in total. The van der Waals surface area contributed by atoms with Crippen molar-refractivity contribution in [1.29, 1.82) is 0 Å². The van der Waals surface area contributed by atoms with Crippen molar-refractivity contribution < 1.29 is 9.59 Å². The minimum Gasteiger partial charge on any atom is -0.361 e. The number of hydrogen-bond acceptors (Lipinski definition) is 4. The van der Waals surface area contributed by atoms with Gasteiger partial charge in [-0.15, -0.1) is 0 Å². The van der Waals surface area contributed by atoms with Crippen LogP contribution in [0.25, 0.3) is 22.3 Å². The number of para-hydroxylation sites is 1. The minimum absolute atomic E-state index is 0.0775. The molecule has 2 aromatic heterocycles. The van der Waals surface area contributed by atoms with Crippen LogP contribution in [0.2, 0.25) is 0 Å². The molecule has 2 aromatic carbocycles. The molecule has 0 unspecified atom stereocenters. The summed E-state index contributed by atoms with van der Waals surface area (Å²) in [5.41, 5.74) is 8.67. The minimum atomic E-state index is -0.409. The monoisotopic (exact) mass is 420 g/mol. The van der Waals surface area contributed by atoms with Crippen molar-refractivity contribution in [2.24, 2.45) is 0 Å². The first-order valence-corrected chi connectivity index (χ1v) is 9.77. The largest absolute Gasteiger partial charge is 0.361 e. The van der Waals surface area contributed by atoms with Crippen LogP contribution >= 0.6 is 12.2 Å². The Kier molecular flexibility index (Phi) is 5.44. The summed E-state index contributed by atoms with van der Waals surface area (Å²) < 4.78 is 1.91. The molecule has 8 nitrogen and oxygen atoms in total. The Hall–Kier alpha value is -3.72. The summed E-state index contributed by atoms with van der Waals surface area (Å²) in [7, 11) is 0. The van der Waals surface area contributed by atoms with E-state index in [1.54, 1.807) is 10.8 Å². The van der Waals surface area contributed by atoms with Crippen molar-refractivity contribution in [2.45, 2.75) is 19.9 Å². The van der Waals surface area contributed by atoms with Gasteiger partial charge < -0.3 is 4.98 Å². The number of carbonyl (C=O) groups excluding carboxylic acids is 2. The van der Waals surface area contributed by atoms with Gasteiger partial charge in [-0.25, -0.2) is 0 Å². The topological polar surface area (TPSA) is 108 Å². The number of nitrogens with zero attached hydrogens (tertiary/aromatic N) is 2. The number of hydrazine groups is 1. The third kappa shape index (κ3) is 4.15. The smallest absolute Gasteiger partial charge is 0.258 e. The number of nitrogens with one attached hydrogen (secondary N) is 4. The number of aryl methyl sites for hydroxylation is 1. The highest BCUT2D eigenvalue weighted by atomic mass is 32.1. The molecule has 9 heteroatoms. The Bertz CT molecular complexity index is 1270. The lowest BCUT2D eigenvalue weighted by molar-refractivity contribution is -0.128. The second-order valence-corrected chi connectivity index (χ2v) is 7.32. The van der Waals surface area contributed by atoms with Gasteiger partial charge in [-0.3, -0.25) is 30.1 Å². The van der Waals surface area contributed by atoms with Crippen LogP contribution in [0.1, 0.15) is 11.1 Å². The van der Waals surface area contributed by atoms with E-state index in [1.807, 2.05) is 55.5 Å². The first-order valence-electron chi connectivity index (χ1n) is 9.36. The van der Waals surface area contributed by atoms with Crippen LogP contribution in [0.15, 0.2) is 54.7 Å². The number of hydrogen-bond donors (Lipinski definition) is 4. The predicted molar refractivity (Wildman–Crippen MR) is 116 cm³/mol. The number of fused-ring (bicyclic) bond motifs is 1. The highest BCUT2D eigenvalue weighted by molar-refractivity contribution is 7.71. The second-order valence-electron chi connectivity index (χ2n) is 6.94. The van der Waals surface area contributed by atoms with E-state index in [-0.39, 0.29) is 18.9 Å². The molecule has 2 heterocycles. The van der Waals surface area contributed by atoms with Gasteiger partial charge in [0.1, 0.15) is 6.54 Å². The number of benzene rings is 2. The number of carbonyl (C=O) groups is 2. The van der Waals surface area contributed by atoms with Crippen LogP contribution in [-0.4, -0.2) is 31.6 Å². The fourth-order valence-electron chi connectivity index (χ4n) is 3.20. The molecule has 0 fully saturated rings. The van der Waals surface area contributed by atoms with Crippen LogP contribution in [0.3, 0.4) is 0 Å². The van der Waals surface area contributed by atoms with Gasteiger partial charge >= 0.3 is 0 Å². The van der Waals surface area contributed by atoms with Crippen molar-refractivity contribution >= 4 is 34.9 Å². The molecular formula is C21H20N6O2S. The van der Waals surface area contributed by atoms with E-state index in [4.69, 9.17) is 12.2 Å². The Morgan fingerprint density at radius 1 is 1.07 bits per heavy atom. The maximum absolute atomic E-state index is 12.4. The van der Waals surface area contributed by atoms with E-state index >= 15 is 0 Å². The highest BCUT2D eigenvalue weighted by Gasteiger charge is 2.14. The molecule has 4 aromatic rings. The van der Waals surface area contributed by atoms with Crippen molar-refractivity contribution in [3.63, 3.8) is 0 Å². The van der Waals surface area contributed by atoms with Gasteiger partial charge in [0, 0.05) is 22.7 Å². The number of aromatic nitrogens is 4. The molecule has 0 saturated carbocycles. The molecule has 0 aliphatic carbocycles. The number of amides is 2. The van der Waals surface area contributed by atoms with Gasteiger partial charge in [-0.2, -0.15) is 5.10 Å². The summed E-state index contributed by atoms with van der Waals surface area (Å²) in [5.74, 6) is -0.170. The Labute approximate surface area is 177 Å². The summed E-state index contributed by atoms with van der Waals surface area (Å²) >= 11 is 5.25. The summed E-state index contributed by atoms with van der Waals surface area (Å²) in [5, 5.41) is 7.91. The fraction of sp³-hybridized carbons (Fsp3) is 0.143. The van der Waals surface area contributed by atoms with E-state index in [9.17, 15) is 9.59 Å². The predicted octanol–water partition coefficient (Wildman–Crippen LogP) is 2.79. The van der Waals surface area contributed by atoms with Gasteiger partial charge in [-0.1, -0.05) is 48.0 Å². The lowest BCUT2D eigenvalue weighted by Crippen LogP contribution is -2.43.